The fraction of sp³-hybridized carbons (Fsp3) is 0.176. The molecule has 5 heteroatoms. The van der Waals surface area contributed by atoms with Gasteiger partial charge in [-0.25, -0.2) is 4.98 Å². The number of carbonyl (C=O) groups is 1. The third-order valence-electron chi connectivity index (χ3n) is 3.92. The lowest BCUT2D eigenvalue weighted by molar-refractivity contribution is 0.102. The smallest absolute Gasteiger partial charge is 0.275 e. The van der Waals surface area contributed by atoms with Crippen LogP contribution in [0.2, 0.25) is 0 Å². The maximum absolute atomic E-state index is 12.3. The summed E-state index contributed by atoms with van der Waals surface area (Å²) in [6.07, 6.45) is 5.05. The average Bonchev–Trinajstić information content (AvgIpc) is 2.90. The van der Waals surface area contributed by atoms with Gasteiger partial charge < -0.3 is 14.6 Å². The first-order valence-electron chi connectivity index (χ1n) is 7.40. The molecule has 1 aliphatic heterocycles. The molecule has 0 spiro atoms. The van der Waals surface area contributed by atoms with Gasteiger partial charge in [-0.15, -0.1) is 0 Å². The van der Waals surface area contributed by atoms with Gasteiger partial charge in [-0.1, -0.05) is 18.2 Å². The monoisotopic (exact) mass is 292 g/mol. The van der Waals surface area contributed by atoms with Crippen LogP contribution < -0.4 is 10.2 Å². The second-order valence-corrected chi connectivity index (χ2v) is 5.44. The summed E-state index contributed by atoms with van der Waals surface area (Å²) in [7, 11) is 0. The Balaban J connectivity index is 1.60. The molecule has 0 aliphatic carbocycles. The highest BCUT2D eigenvalue weighted by Gasteiger charge is 2.16. The lowest BCUT2D eigenvalue weighted by Gasteiger charge is -2.33. The van der Waals surface area contributed by atoms with Crippen LogP contribution in [0.25, 0.3) is 5.65 Å². The molecule has 3 aromatic rings. The molecule has 0 bridgehead atoms. The van der Waals surface area contributed by atoms with Crippen molar-refractivity contribution in [1.82, 2.24) is 9.38 Å². The van der Waals surface area contributed by atoms with Crippen LogP contribution in [0.5, 0.6) is 0 Å². The quantitative estimate of drug-likeness (QED) is 0.807. The second-order valence-electron chi connectivity index (χ2n) is 5.44. The Morgan fingerprint density at radius 2 is 1.86 bits per heavy atom. The van der Waals surface area contributed by atoms with E-state index >= 15 is 0 Å². The predicted octanol–water partition coefficient (Wildman–Crippen LogP) is 2.80. The standard InChI is InChI=1S/C17H16N4O/c22-17(18-13-5-2-1-3-6-13)15-12-21-11-14(20-9-4-10-20)7-8-16(21)19-15/h1-3,5-8,11-12H,4,9-10H2,(H,18,22). The molecule has 1 fully saturated rings. The lowest BCUT2D eigenvalue weighted by Crippen LogP contribution is -2.37. The van der Waals surface area contributed by atoms with Gasteiger partial charge in [0.2, 0.25) is 0 Å². The Bertz CT molecular complexity index is 821. The number of aromatic nitrogens is 2. The van der Waals surface area contributed by atoms with Crippen LogP contribution in [-0.4, -0.2) is 28.4 Å². The van der Waals surface area contributed by atoms with Crippen molar-refractivity contribution in [3.8, 4) is 0 Å². The Hall–Kier alpha value is -2.82. The van der Waals surface area contributed by atoms with Crippen LogP contribution in [0.1, 0.15) is 16.9 Å². The molecule has 22 heavy (non-hydrogen) atoms. The molecule has 110 valence electrons. The molecule has 1 aliphatic rings. The van der Waals surface area contributed by atoms with E-state index in [1.54, 1.807) is 6.20 Å². The number of pyridine rings is 1. The number of hydrogen-bond acceptors (Lipinski definition) is 3. The molecule has 1 amide bonds. The van der Waals surface area contributed by atoms with Crippen molar-refractivity contribution >= 4 is 22.9 Å². The van der Waals surface area contributed by atoms with E-state index in [0.717, 1.165) is 24.4 Å². The highest BCUT2D eigenvalue weighted by Crippen LogP contribution is 2.21. The summed E-state index contributed by atoms with van der Waals surface area (Å²) in [5.74, 6) is -0.194. The number of imidazole rings is 1. The number of para-hydroxylation sites is 1. The topological polar surface area (TPSA) is 49.6 Å². The van der Waals surface area contributed by atoms with E-state index in [9.17, 15) is 4.79 Å². The van der Waals surface area contributed by atoms with E-state index in [1.165, 1.54) is 12.1 Å². The number of amides is 1. The predicted molar refractivity (Wildman–Crippen MR) is 86.4 cm³/mol. The molecule has 0 unspecified atom stereocenters. The fourth-order valence-corrected chi connectivity index (χ4v) is 2.57. The molecule has 3 heterocycles. The first-order valence-corrected chi connectivity index (χ1v) is 7.40. The number of nitrogens with one attached hydrogen (secondary N) is 1. The molecule has 2 aromatic heterocycles. The second kappa shape index (κ2) is 5.18. The molecule has 4 rings (SSSR count). The number of nitrogens with zero attached hydrogens (tertiary/aromatic N) is 3. The summed E-state index contributed by atoms with van der Waals surface area (Å²) in [5, 5.41) is 2.85. The minimum Gasteiger partial charge on any atom is -0.370 e. The zero-order valence-corrected chi connectivity index (χ0v) is 12.1. The number of anilines is 2. The Morgan fingerprint density at radius 3 is 2.59 bits per heavy atom. The number of rotatable bonds is 3. The average molecular weight is 292 g/mol. The molecular weight excluding hydrogens is 276 g/mol. The van der Waals surface area contributed by atoms with Gasteiger partial charge in [0, 0.05) is 31.2 Å². The van der Waals surface area contributed by atoms with Crippen molar-refractivity contribution in [3.63, 3.8) is 0 Å². The Morgan fingerprint density at radius 1 is 1.05 bits per heavy atom. The SMILES string of the molecule is O=C(Nc1ccccc1)c1cn2cc(N3CCC3)ccc2n1. The molecule has 1 N–H and O–H groups in total. The summed E-state index contributed by atoms with van der Waals surface area (Å²) in [5.41, 5.74) is 3.14. The normalized spacial score (nSPS) is 13.9. The van der Waals surface area contributed by atoms with E-state index < -0.39 is 0 Å². The van der Waals surface area contributed by atoms with E-state index in [2.05, 4.69) is 21.3 Å². The number of carbonyl (C=O) groups excluding carboxylic acids is 1. The zero-order chi connectivity index (χ0) is 14.9. The van der Waals surface area contributed by atoms with Crippen LogP contribution in [0, 0.1) is 0 Å². The zero-order valence-electron chi connectivity index (χ0n) is 12.1. The summed E-state index contributed by atoms with van der Waals surface area (Å²) >= 11 is 0. The van der Waals surface area contributed by atoms with E-state index in [0.29, 0.717) is 5.69 Å². The van der Waals surface area contributed by atoms with E-state index in [-0.39, 0.29) is 5.91 Å². The van der Waals surface area contributed by atoms with Crippen molar-refractivity contribution < 1.29 is 4.79 Å². The molecule has 1 aromatic carbocycles. The summed E-state index contributed by atoms with van der Waals surface area (Å²) < 4.78 is 1.91. The third kappa shape index (κ3) is 2.30. The van der Waals surface area contributed by atoms with Gasteiger partial charge in [0.25, 0.3) is 5.91 Å². The van der Waals surface area contributed by atoms with Gasteiger partial charge in [0.15, 0.2) is 0 Å². The van der Waals surface area contributed by atoms with Gasteiger partial charge >= 0.3 is 0 Å². The third-order valence-corrected chi connectivity index (χ3v) is 3.92. The van der Waals surface area contributed by atoms with Gasteiger partial charge in [-0.2, -0.15) is 0 Å². The van der Waals surface area contributed by atoms with E-state index in [4.69, 9.17) is 0 Å². The minimum absolute atomic E-state index is 0.194. The highest BCUT2D eigenvalue weighted by atomic mass is 16.1. The van der Waals surface area contributed by atoms with Crippen LogP contribution in [-0.2, 0) is 0 Å². The van der Waals surface area contributed by atoms with Crippen LogP contribution >= 0.6 is 0 Å². The molecule has 1 saturated heterocycles. The molecule has 5 nitrogen and oxygen atoms in total. The summed E-state index contributed by atoms with van der Waals surface area (Å²) in [4.78, 5) is 19.0. The van der Waals surface area contributed by atoms with E-state index in [1.807, 2.05) is 47.0 Å². The highest BCUT2D eigenvalue weighted by molar-refractivity contribution is 6.03. The first kappa shape index (κ1) is 12.9. The van der Waals surface area contributed by atoms with Gasteiger partial charge in [-0.05, 0) is 30.7 Å². The minimum atomic E-state index is -0.194. The van der Waals surface area contributed by atoms with Crippen molar-refractivity contribution in [3.05, 3.63) is 60.6 Å². The summed E-state index contributed by atoms with van der Waals surface area (Å²) in [6.45, 7) is 2.20. The molecule has 0 radical (unpaired) electrons. The number of fused-ring (bicyclic) bond motifs is 1. The molecular formula is C17H16N4O. The van der Waals surface area contributed by atoms with Crippen molar-refractivity contribution in [1.29, 1.82) is 0 Å². The number of hydrogen-bond donors (Lipinski definition) is 1. The Labute approximate surface area is 128 Å². The first-order chi connectivity index (χ1) is 10.8. The van der Waals surface area contributed by atoms with Crippen molar-refractivity contribution in [2.24, 2.45) is 0 Å². The van der Waals surface area contributed by atoms with Crippen molar-refractivity contribution in [2.75, 3.05) is 23.3 Å². The van der Waals surface area contributed by atoms with Gasteiger partial charge in [-0.3, -0.25) is 4.79 Å². The molecule has 0 saturated carbocycles. The lowest BCUT2D eigenvalue weighted by atomic mass is 10.2. The van der Waals surface area contributed by atoms with Gasteiger partial charge in [0.05, 0.1) is 5.69 Å². The fourth-order valence-electron chi connectivity index (χ4n) is 2.57. The largest absolute Gasteiger partial charge is 0.370 e. The summed E-state index contributed by atoms with van der Waals surface area (Å²) in [6, 6.07) is 13.4. The van der Waals surface area contributed by atoms with Crippen LogP contribution in [0.4, 0.5) is 11.4 Å². The Kier molecular flexibility index (Phi) is 3.04. The van der Waals surface area contributed by atoms with Crippen molar-refractivity contribution in [2.45, 2.75) is 6.42 Å². The van der Waals surface area contributed by atoms with Gasteiger partial charge in [0.1, 0.15) is 11.3 Å². The van der Waals surface area contributed by atoms with Crippen LogP contribution in [0.15, 0.2) is 54.9 Å². The maximum Gasteiger partial charge on any atom is 0.275 e. The number of benzene rings is 1. The van der Waals surface area contributed by atoms with Crippen LogP contribution in [0.3, 0.4) is 0 Å². The maximum atomic E-state index is 12.3. The molecule has 0 atom stereocenters.